The molecule has 1 fully saturated rings. The molecule has 3 aromatic heterocycles. The zero-order valence-corrected chi connectivity index (χ0v) is 17.3. The monoisotopic (exact) mass is 457 g/mol. The normalized spacial score (nSPS) is 23.3. The summed E-state index contributed by atoms with van der Waals surface area (Å²) in [6.07, 6.45) is -3.25. The molecule has 4 aromatic rings. The first-order chi connectivity index (χ1) is 15.5. The number of anilines is 1. The molecule has 0 amide bonds. The highest BCUT2D eigenvalue weighted by Gasteiger charge is 2.45. The van der Waals surface area contributed by atoms with Crippen LogP contribution in [0.2, 0.25) is 0 Å². The Labute approximate surface area is 184 Å². The molecule has 4 atom stereocenters. The second-order valence-corrected chi connectivity index (χ2v) is 8.26. The van der Waals surface area contributed by atoms with Gasteiger partial charge in [0, 0.05) is 16.7 Å². The number of ether oxygens (including phenoxy) is 1. The van der Waals surface area contributed by atoms with Gasteiger partial charge in [-0.15, -0.1) is 0 Å². The van der Waals surface area contributed by atoms with E-state index in [2.05, 4.69) is 15.0 Å². The van der Waals surface area contributed by atoms with E-state index >= 15 is 0 Å². The van der Waals surface area contributed by atoms with Crippen LogP contribution in [0.3, 0.4) is 0 Å². The third-order valence-corrected chi connectivity index (χ3v) is 6.26. The maximum Gasteiger partial charge on any atom is 0.340 e. The zero-order chi connectivity index (χ0) is 22.4. The van der Waals surface area contributed by atoms with Gasteiger partial charge >= 0.3 is 5.63 Å². The molecular weight excluding hydrogens is 438 g/mol. The molecule has 5 rings (SSSR count). The van der Waals surface area contributed by atoms with Crippen LogP contribution in [0.5, 0.6) is 0 Å². The predicted octanol–water partition coefficient (Wildman–Crippen LogP) is 0.419. The molecule has 1 saturated heterocycles. The number of rotatable bonds is 5. The van der Waals surface area contributed by atoms with E-state index in [1.165, 1.54) is 22.5 Å². The molecule has 1 aromatic carbocycles. The van der Waals surface area contributed by atoms with Gasteiger partial charge in [-0.25, -0.2) is 14.8 Å². The summed E-state index contributed by atoms with van der Waals surface area (Å²) in [7, 11) is 0. The Morgan fingerprint density at radius 1 is 1.19 bits per heavy atom. The van der Waals surface area contributed by atoms with E-state index in [-0.39, 0.29) is 11.7 Å². The second kappa shape index (κ2) is 8.15. The molecule has 0 bridgehead atoms. The van der Waals surface area contributed by atoms with E-state index in [0.717, 1.165) is 5.39 Å². The van der Waals surface area contributed by atoms with Gasteiger partial charge < -0.3 is 30.2 Å². The molecule has 166 valence electrons. The molecule has 1 aliphatic heterocycles. The fourth-order valence-electron chi connectivity index (χ4n) is 3.66. The lowest BCUT2D eigenvalue weighted by Gasteiger charge is -2.19. The third kappa shape index (κ3) is 3.51. The number of aromatic nitrogens is 4. The van der Waals surface area contributed by atoms with Gasteiger partial charge in [-0.2, -0.15) is 4.98 Å². The first-order valence-electron chi connectivity index (χ1n) is 9.73. The highest BCUT2D eigenvalue weighted by Crippen LogP contribution is 2.36. The first-order valence-corrected chi connectivity index (χ1v) is 10.7. The number of benzene rings is 1. The number of imidazole rings is 1. The SMILES string of the molecule is Nc1ncc2nc(SCc3cc4ccccc4oc3=O)n([C@@H]3O[C@H](CO)[C@@H](O)[C@H]3O)c2n1. The van der Waals surface area contributed by atoms with Gasteiger partial charge in [-0.1, -0.05) is 30.0 Å². The number of nitrogen functional groups attached to an aromatic ring is 1. The number of nitrogens with two attached hydrogens (primary N) is 1. The molecular formula is C20H19N5O6S. The summed E-state index contributed by atoms with van der Waals surface area (Å²) < 4.78 is 12.6. The highest BCUT2D eigenvalue weighted by molar-refractivity contribution is 7.98. The Kier molecular flexibility index (Phi) is 5.31. The summed E-state index contributed by atoms with van der Waals surface area (Å²) in [5, 5.41) is 31.4. The lowest BCUT2D eigenvalue weighted by Crippen LogP contribution is -2.33. The Bertz CT molecular complexity index is 1360. The second-order valence-electron chi connectivity index (χ2n) is 7.32. The molecule has 0 saturated carbocycles. The number of fused-ring (bicyclic) bond motifs is 2. The van der Waals surface area contributed by atoms with Gasteiger partial charge in [-0.05, 0) is 12.1 Å². The molecule has 32 heavy (non-hydrogen) atoms. The number of aliphatic hydroxyl groups excluding tert-OH is 3. The van der Waals surface area contributed by atoms with E-state index in [9.17, 15) is 20.1 Å². The quantitative estimate of drug-likeness (QED) is 0.242. The van der Waals surface area contributed by atoms with Crippen LogP contribution in [0.1, 0.15) is 11.8 Å². The summed E-state index contributed by atoms with van der Waals surface area (Å²) in [6, 6.07) is 8.96. The van der Waals surface area contributed by atoms with Crippen molar-refractivity contribution >= 4 is 39.8 Å². The van der Waals surface area contributed by atoms with Crippen LogP contribution in [-0.4, -0.2) is 59.8 Å². The van der Waals surface area contributed by atoms with Crippen molar-refractivity contribution in [1.29, 1.82) is 0 Å². The summed E-state index contributed by atoms with van der Waals surface area (Å²) >= 11 is 1.20. The smallest absolute Gasteiger partial charge is 0.340 e. The number of hydrogen-bond donors (Lipinski definition) is 4. The number of nitrogens with zero attached hydrogens (tertiary/aromatic N) is 4. The summed E-state index contributed by atoms with van der Waals surface area (Å²) in [5.74, 6) is 0.214. The lowest BCUT2D eigenvalue weighted by atomic mass is 10.1. The average molecular weight is 457 g/mol. The number of aliphatic hydroxyl groups is 3. The van der Waals surface area contributed by atoms with Gasteiger partial charge in [0.15, 0.2) is 17.0 Å². The highest BCUT2D eigenvalue weighted by atomic mass is 32.2. The van der Waals surface area contributed by atoms with E-state index in [1.807, 2.05) is 12.1 Å². The van der Waals surface area contributed by atoms with Gasteiger partial charge in [0.05, 0.1) is 12.8 Å². The first kappa shape index (κ1) is 20.8. The van der Waals surface area contributed by atoms with Crippen LogP contribution in [0.4, 0.5) is 5.95 Å². The van der Waals surface area contributed by atoms with Crippen LogP contribution in [0.15, 0.2) is 50.9 Å². The average Bonchev–Trinajstić information content (AvgIpc) is 3.28. The third-order valence-electron chi connectivity index (χ3n) is 5.26. The maximum absolute atomic E-state index is 12.4. The molecule has 0 unspecified atom stereocenters. The largest absolute Gasteiger partial charge is 0.423 e. The fourth-order valence-corrected chi connectivity index (χ4v) is 4.63. The molecule has 1 aliphatic rings. The Balaban J connectivity index is 1.54. The maximum atomic E-state index is 12.4. The molecule has 5 N–H and O–H groups in total. The molecule has 0 aliphatic carbocycles. The Morgan fingerprint density at radius 2 is 2.00 bits per heavy atom. The van der Waals surface area contributed by atoms with Gasteiger partial charge in [0.25, 0.3) is 0 Å². The van der Waals surface area contributed by atoms with Gasteiger partial charge in [-0.3, -0.25) is 4.57 Å². The Morgan fingerprint density at radius 3 is 2.78 bits per heavy atom. The summed E-state index contributed by atoms with van der Waals surface area (Å²) in [6.45, 7) is -0.473. The van der Waals surface area contributed by atoms with Crippen LogP contribution in [0, 0.1) is 0 Å². The topological polar surface area (TPSA) is 170 Å². The minimum Gasteiger partial charge on any atom is -0.423 e. The summed E-state index contributed by atoms with van der Waals surface area (Å²) in [5.41, 5.74) is 6.89. The van der Waals surface area contributed by atoms with Crippen molar-refractivity contribution in [3.63, 3.8) is 0 Å². The number of hydrogen-bond acceptors (Lipinski definition) is 11. The van der Waals surface area contributed by atoms with Crippen LogP contribution >= 0.6 is 11.8 Å². The van der Waals surface area contributed by atoms with Crippen molar-refractivity contribution in [3.8, 4) is 0 Å². The van der Waals surface area contributed by atoms with Crippen LogP contribution in [-0.2, 0) is 10.5 Å². The minimum atomic E-state index is -1.34. The lowest BCUT2D eigenvalue weighted by molar-refractivity contribution is -0.0548. The van der Waals surface area contributed by atoms with E-state index in [4.69, 9.17) is 14.9 Å². The minimum absolute atomic E-state index is 0.00267. The van der Waals surface area contributed by atoms with Crippen molar-refractivity contribution in [3.05, 3.63) is 52.5 Å². The summed E-state index contributed by atoms with van der Waals surface area (Å²) in [4.78, 5) is 25.1. The van der Waals surface area contributed by atoms with E-state index in [1.54, 1.807) is 18.2 Å². The molecule has 0 spiro atoms. The van der Waals surface area contributed by atoms with Crippen molar-refractivity contribution in [1.82, 2.24) is 19.5 Å². The van der Waals surface area contributed by atoms with Crippen molar-refractivity contribution in [2.75, 3.05) is 12.3 Å². The van der Waals surface area contributed by atoms with Gasteiger partial charge in [0.1, 0.15) is 29.4 Å². The predicted molar refractivity (Wildman–Crippen MR) is 115 cm³/mol. The molecule has 4 heterocycles. The van der Waals surface area contributed by atoms with Gasteiger partial charge in [0.2, 0.25) is 5.95 Å². The zero-order valence-electron chi connectivity index (χ0n) is 16.5. The Hall–Kier alpha value is -3.03. The molecule has 0 radical (unpaired) electrons. The van der Waals surface area contributed by atoms with Crippen LogP contribution < -0.4 is 11.4 Å². The van der Waals surface area contributed by atoms with E-state index < -0.39 is 36.8 Å². The number of para-hydroxylation sites is 1. The molecule has 11 nitrogen and oxygen atoms in total. The van der Waals surface area contributed by atoms with Crippen molar-refractivity contribution in [2.45, 2.75) is 35.4 Å². The van der Waals surface area contributed by atoms with Crippen molar-refractivity contribution < 1.29 is 24.5 Å². The number of thioether (sulfide) groups is 1. The van der Waals surface area contributed by atoms with Crippen LogP contribution in [0.25, 0.3) is 22.1 Å². The van der Waals surface area contributed by atoms with Crippen molar-refractivity contribution in [2.24, 2.45) is 0 Å². The van der Waals surface area contributed by atoms with E-state index in [0.29, 0.717) is 27.5 Å². The standard InChI is InChI=1S/C20H19N5O6S/c21-19-22-6-11-16(24-19)25(17-15(28)14(27)13(7-26)30-17)20(23-11)32-8-10-5-9-3-1-2-4-12(9)31-18(10)29/h1-6,13-15,17,26-28H,7-8H2,(H2,21,22,24)/t13-,14-,15-,17-/m1/s1. The fraction of sp³-hybridized carbons (Fsp3) is 0.300. The molecule has 12 heteroatoms.